The van der Waals surface area contributed by atoms with Gasteiger partial charge in [-0.25, -0.2) is 8.42 Å². The topological polar surface area (TPSA) is 81.4 Å². The van der Waals surface area contributed by atoms with Crippen LogP contribution >= 0.6 is 0 Å². The number of hydrogen-bond acceptors (Lipinski definition) is 4. The van der Waals surface area contributed by atoms with Gasteiger partial charge in [0, 0.05) is 6.54 Å². The van der Waals surface area contributed by atoms with Gasteiger partial charge in [0.15, 0.2) is 0 Å². The van der Waals surface area contributed by atoms with Gasteiger partial charge in [0.05, 0.1) is 11.3 Å². The molecule has 2 aromatic carbocycles. The molecular weight excluding hydrogens is 300 g/mol. The van der Waals surface area contributed by atoms with E-state index < -0.39 is 10.0 Å². The van der Waals surface area contributed by atoms with Gasteiger partial charge in [-0.2, -0.15) is 5.26 Å². The maximum atomic E-state index is 12.9. The van der Waals surface area contributed by atoms with E-state index in [4.69, 9.17) is 0 Å². The molecular formula is C16H16N2O3S. The van der Waals surface area contributed by atoms with Gasteiger partial charge >= 0.3 is 0 Å². The SMILES string of the molecule is CCN(c1ccc(O)cc1)S(=O)(=O)c1cccc(C)c1C#N. The van der Waals surface area contributed by atoms with Crippen LogP contribution in [0.5, 0.6) is 5.75 Å². The molecule has 0 amide bonds. The molecule has 1 N–H and O–H groups in total. The normalized spacial score (nSPS) is 11.0. The van der Waals surface area contributed by atoms with Crippen LogP contribution in [0, 0.1) is 18.3 Å². The molecule has 114 valence electrons. The van der Waals surface area contributed by atoms with Gasteiger partial charge in [0.25, 0.3) is 10.0 Å². The third kappa shape index (κ3) is 2.76. The first-order valence-corrected chi connectivity index (χ1v) is 8.17. The molecule has 22 heavy (non-hydrogen) atoms. The lowest BCUT2D eigenvalue weighted by Gasteiger charge is -2.23. The fraction of sp³-hybridized carbons (Fsp3) is 0.188. The number of aryl methyl sites for hydroxylation is 1. The molecule has 0 unspecified atom stereocenters. The summed E-state index contributed by atoms with van der Waals surface area (Å²) in [4.78, 5) is -0.00933. The van der Waals surface area contributed by atoms with Crippen LogP contribution < -0.4 is 4.31 Å². The van der Waals surface area contributed by atoms with Crippen molar-refractivity contribution in [3.8, 4) is 11.8 Å². The summed E-state index contributed by atoms with van der Waals surface area (Å²) in [5, 5.41) is 18.6. The summed E-state index contributed by atoms with van der Waals surface area (Å²) in [5.41, 5.74) is 1.20. The van der Waals surface area contributed by atoms with Crippen molar-refractivity contribution >= 4 is 15.7 Å². The Morgan fingerprint density at radius 3 is 2.36 bits per heavy atom. The quantitative estimate of drug-likeness (QED) is 0.940. The lowest BCUT2D eigenvalue weighted by molar-refractivity contribution is 0.475. The van der Waals surface area contributed by atoms with E-state index in [0.29, 0.717) is 11.3 Å². The Labute approximate surface area is 130 Å². The van der Waals surface area contributed by atoms with Gasteiger partial charge in [0.2, 0.25) is 0 Å². The number of benzene rings is 2. The number of rotatable bonds is 4. The Morgan fingerprint density at radius 1 is 1.18 bits per heavy atom. The number of anilines is 1. The third-order valence-electron chi connectivity index (χ3n) is 3.34. The molecule has 6 heteroatoms. The Bertz CT molecular complexity index is 821. The highest BCUT2D eigenvalue weighted by atomic mass is 32.2. The molecule has 0 radical (unpaired) electrons. The molecule has 0 aliphatic heterocycles. The molecule has 0 aromatic heterocycles. The Kier molecular flexibility index (Phi) is 4.38. The van der Waals surface area contributed by atoms with Crippen molar-refractivity contribution in [1.82, 2.24) is 0 Å². The zero-order valence-electron chi connectivity index (χ0n) is 12.3. The number of hydrogen-bond donors (Lipinski definition) is 1. The average Bonchev–Trinajstić information content (AvgIpc) is 2.49. The van der Waals surface area contributed by atoms with Crippen molar-refractivity contribution in [2.75, 3.05) is 10.8 Å². The number of nitrogens with zero attached hydrogens (tertiary/aromatic N) is 2. The first-order chi connectivity index (χ1) is 10.4. The number of sulfonamides is 1. The van der Waals surface area contributed by atoms with E-state index in [-0.39, 0.29) is 22.8 Å². The minimum atomic E-state index is -3.85. The second kappa shape index (κ2) is 6.08. The van der Waals surface area contributed by atoms with Crippen LogP contribution in [0.15, 0.2) is 47.4 Å². The smallest absolute Gasteiger partial charge is 0.265 e. The number of phenolic OH excluding ortho intramolecular Hbond substituents is 1. The second-order valence-corrected chi connectivity index (χ2v) is 6.58. The number of phenols is 1. The third-order valence-corrected chi connectivity index (χ3v) is 5.28. The number of aromatic hydroxyl groups is 1. The fourth-order valence-corrected chi connectivity index (χ4v) is 3.92. The summed E-state index contributed by atoms with van der Waals surface area (Å²) in [6.07, 6.45) is 0. The second-order valence-electron chi connectivity index (χ2n) is 4.75. The minimum absolute atomic E-state index is 0.00933. The highest BCUT2D eigenvalue weighted by Crippen LogP contribution is 2.27. The van der Waals surface area contributed by atoms with Crippen molar-refractivity contribution in [3.05, 3.63) is 53.6 Å². The highest BCUT2D eigenvalue weighted by Gasteiger charge is 2.27. The van der Waals surface area contributed by atoms with Gasteiger partial charge in [0.1, 0.15) is 16.7 Å². The van der Waals surface area contributed by atoms with E-state index in [1.54, 1.807) is 26.0 Å². The molecule has 0 bridgehead atoms. The summed E-state index contributed by atoms with van der Waals surface area (Å²) < 4.78 is 27.0. The molecule has 5 nitrogen and oxygen atoms in total. The molecule has 2 aromatic rings. The van der Waals surface area contributed by atoms with Crippen LogP contribution in [-0.2, 0) is 10.0 Å². The summed E-state index contributed by atoms with van der Waals surface area (Å²) in [7, 11) is -3.85. The largest absolute Gasteiger partial charge is 0.508 e. The first-order valence-electron chi connectivity index (χ1n) is 6.73. The van der Waals surface area contributed by atoms with Crippen LogP contribution in [0.1, 0.15) is 18.1 Å². The Morgan fingerprint density at radius 2 is 1.82 bits per heavy atom. The van der Waals surface area contributed by atoms with Gasteiger partial charge in [-0.1, -0.05) is 12.1 Å². The summed E-state index contributed by atoms with van der Waals surface area (Å²) in [6, 6.07) is 12.6. The maximum Gasteiger partial charge on any atom is 0.265 e. The standard InChI is InChI=1S/C16H16N2O3S/c1-3-18(13-7-9-14(19)10-8-13)22(20,21)16-6-4-5-12(2)15(16)11-17/h4-10,19H,3H2,1-2H3. The van der Waals surface area contributed by atoms with Crippen LogP contribution in [0.3, 0.4) is 0 Å². The summed E-state index contributed by atoms with van der Waals surface area (Å²) in [6.45, 7) is 3.63. The van der Waals surface area contributed by atoms with E-state index in [0.717, 1.165) is 0 Å². The van der Waals surface area contributed by atoms with E-state index in [1.807, 2.05) is 6.07 Å². The maximum absolute atomic E-state index is 12.9. The van der Waals surface area contributed by atoms with Crippen molar-refractivity contribution in [3.63, 3.8) is 0 Å². The van der Waals surface area contributed by atoms with Gasteiger partial charge in [-0.3, -0.25) is 4.31 Å². The molecule has 0 aliphatic rings. The van der Waals surface area contributed by atoms with Crippen molar-refractivity contribution < 1.29 is 13.5 Å². The van der Waals surface area contributed by atoms with Crippen molar-refractivity contribution in [1.29, 1.82) is 5.26 Å². The van der Waals surface area contributed by atoms with E-state index >= 15 is 0 Å². The zero-order valence-corrected chi connectivity index (χ0v) is 13.1. The Hall–Kier alpha value is -2.52. The predicted molar refractivity (Wildman–Crippen MR) is 84.2 cm³/mol. The highest BCUT2D eigenvalue weighted by molar-refractivity contribution is 7.92. The van der Waals surface area contributed by atoms with Gasteiger partial charge < -0.3 is 5.11 Å². The summed E-state index contributed by atoms with van der Waals surface area (Å²) in [5.74, 6) is 0.0606. The van der Waals surface area contributed by atoms with Gasteiger partial charge in [-0.15, -0.1) is 0 Å². The van der Waals surface area contributed by atoms with Crippen molar-refractivity contribution in [2.24, 2.45) is 0 Å². The van der Waals surface area contributed by atoms with E-state index in [1.165, 1.54) is 34.6 Å². The molecule has 0 fully saturated rings. The molecule has 2 rings (SSSR count). The van der Waals surface area contributed by atoms with Crippen LogP contribution in [-0.4, -0.2) is 20.1 Å². The number of nitriles is 1. The molecule has 0 heterocycles. The van der Waals surface area contributed by atoms with Crippen LogP contribution in [0.2, 0.25) is 0 Å². The molecule has 0 spiro atoms. The van der Waals surface area contributed by atoms with E-state index in [2.05, 4.69) is 0 Å². The average molecular weight is 316 g/mol. The Balaban J connectivity index is 2.60. The first kappa shape index (κ1) is 15.9. The monoisotopic (exact) mass is 316 g/mol. The van der Waals surface area contributed by atoms with Crippen molar-refractivity contribution in [2.45, 2.75) is 18.7 Å². The molecule has 0 saturated carbocycles. The van der Waals surface area contributed by atoms with Gasteiger partial charge in [-0.05, 0) is 49.7 Å². The van der Waals surface area contributed by atoms with E-state index in [9.17, 15) is 18.8 Å². The van der Waals surface area contributed by atoms with Crippen LogP contribution in [0.25, 0.3) is 0 Å². The molecule has 0 saturated heterocycles. The molecule has 0 atom stereocenters. The molecule has 0 aliphatic carbocycles. The van der Waals surface area contributed by atoms with Crippen LogP contribution in [0.4, 0.5) is 5.69 Å². The lowest BCUT2D eigenvalue weighted by Crippen LogP contribution is -2.31. The zero-order chi connectivity index (χ0) is 16.3. The minimum Gasteiger partial charge on any atom is -0.508 e. The summed E-state index contributed by atoms with van der Waals surface area (Å²) >= 11 is 0. The predicted octanol–water partition coefficient (Wildman–Crippen LogP) is 2.79. The lowest BCUT2D eigenvalue weighted by atomic mass is 10.1. The fourth-order valence-electron chi connectivity index (χ4n) is 2.23.